The average Bonchev–Trinajstić information content (AvgIpc) is 3.05. The maximum absolute atomic E-state index is 13.0. The van der Waals surface area contributed by atoms with Crippen molar-refractivity contribution in [3.63, 3.8) is 0 Å². The zero-order valence-corrected chi connectivity index (χ0v) is 17.0. The van der Waals surface area contributed by atoms with Gasteiger partial charge in [-0.05, 0) is 44.9 Å². The molecule has 0 spiro atoms. The fourth-order valence-corrected chi connectivity index (χ4v) is 3.29. The summed E-state index contributed by atoms with van der Waals surface area (Å²) in [6.45, 7) is 6.05. The lowest BCUT2D eigenvalue weighted by Crippen LogP contribution is -2.29. The molecule has 3 rings (SSSR count). The second-order valence-corrected chi connectivity index (χ2v) is 6.99. The van der Waals surface area contributed by atoms with Crippen molar-refractivity contribution in [1.29, 1.82) is 0 Å². The van der Waals surface area contributed by atoms with Crippen LogP contribution < -0.4 is 10.6 Å². The van der Waals surface area contributed by atoms with Crippen LogP contribution in [-0.2, 0) is 17.4 Å². The number of aromatic nitrogens is 4. The topological polar surface area (TPSA) is 84.2 Å². The van der Waals surface area contributed by atoms with Crippen LogP contribution in [-0.4, -0.2) is 38.6 Å². The largest absolute Gasteiger partial charge is 0.419 e. The molecule has 10 heteroatoms. The van der Waals surface area contributed by atoms with Gasteiger partial charge in [-0.1, -0.05) is 0 Å². The molecular weight excluding hydrogens is 397 g/mol. The summed E-state index contributed by atoms with van der Waals surface area (Å²) in [5.74, 6) is -0.441. The second kappa shape index (κ2) is 8.68. The molecule has 0 atom stereocenters. The molecule has 0 saturated heterocycles. The van der Waals surface area contributed by atoms with Gasteiger partial charge in [-0.3, -0.25) is 4.79 Å². The van der Waals surface area contributed by atoms with Crippen LogP contribution in [0.25, 0.3) is 5.65 Å². The van der Waals surface area contributed by atoms with Crippen molar-refractivity contribution >= 4 is 17.4 Å². The Balaban J connectivity index is 1.51. The van der Waals surface area contributed by atoms with Crippen molar-refractivity contribution in [1.82, 2.24) is 24.9 Å². The third-order valence-electron chi connectivity index (χ3n) is 4.74. The van der Waals surface area contributed by atoms with Crippen molar-refractivity contribution in [2.45, 2.75) is 39.8 Å². The first-order valence-corrected chi connectivity index (χ1v) is 9.52. The van der Waals surface area contributed by atoms with E-state index in [4.69, 9.17) is 0 Å². The fraction of sp³-hybridized carbons (Fsp3) is 0.400. The molecule has 0 radical (unpaired) electrons. The first kappa shape index (κ1) is 21.5. The maximum atomic E-state index is 13.0. The number of amides is 1. The first-order valence-electron chi connectivity index (χ1n) is 9.52. The minimum atomic E-state index is -4.49. The molecule has 0 unspecified atom stereocenters. The number of nitrogens with zero attached hydrogens (tertiary/aromatic N) is 4. The Morgan fingerprint density at radius 1 is 1.20 bits per heavy atom. The standard InChI is InChI=1S/C20H23F3N6O/c1-12-11-17-27-13(2)15(14(3)29(17)28-12)6-7-18(30)24-9-10-26-19-16(20(21,22)23)5-4-8-25-19/h4-5,8,11H,6-7,9-10H2,1-3H3,(H,24,30)(H,25,26). The zero-order valence-electron chi connectivity index (χ0n) is 17.0. The van der Waals surface area contributed by atoms with Gasteiger partial charge in [0, 0.05) is 43.2 Å². The van der Waals surface area contributed by atoms with Crippen molar-refractivity contribution in [3.8, 4) is 0 Å². The molecular formula is C20H23F3N6O. The summed E-state index contributed by atoms with van der Waals surface area (Å²) in [6.07, 6.45) is -2.46. The van der Waals surface area contributed by atoms with Gasteiger partial charge in [-0.2, -0.15) is 18.3 Å². The van der Waals surface area contributed by atoms with E-state index in [9.17, 15) is 18.0 Å². The third-order valence-corrected chi connectivity index (χ3v) is 4.74. The molecule has 1 amide bonds. The fourth-order valence-electron chi connectivity index (χ4n) is 3.29. The average molecular weight is 420 g/mol. The molecule has 3 aromatic rings. The molecule has 0 aliphatic carbocycles. The van der Waals surface area contributed by atoms with Crippen molar-refractivity contribution < 1.29 is 18.0 Å². The van der Waals surface area contributed by atoms with Crippen molar-refractivity contribution in [2.75, 3.05) is 18.4 Å². The Hall–Kier alpha value is -3.17. The molecule has 0 saturated carbocycles. The summed E-state index contributed by atoms with van der Waals surface area (Å²) in [6, 6.07) is 4.09. The van der Waals surface area contributed by atoms with E-state index in [1.54, 1.807) is 4.52 Å². The van der Waals surface area contributed by atoms with E-state index < -0.39 is 11.7 Å². The smallest absolute Gasteiger partial charge is 0.368 e. The van der Waals surface area contributed by atoms with Crippen LogP contribution in [0.3, 0.4) is 0 Å². The number of hydrogen-bond donors (Lipinski definition) is 2. The van der Waals surface area contributed by atoms with E-state index in [0.29, 0.717) is 6.42 Å². The molecule has 0 aromatic carbocycles. The highest BCUT2D eigenvalue weighted by Crippen LogP contribution is 2.33. The van der Waals surface area contributed by atoms with Crippen LogP contribution >= 0.6 is 0 Å². The van der Waals surface area contributed by atoms with E-state index in [0.717, 1.165) is 34.4 Å². The number of carbonyl (C=O) groups is 1. The Labute approximate surface area is 171 Å². The number of carbonyl (C=O) groups excluding carboxylic acids is 1. The van der Waals surface area contributed by atoms with E-state index >= 15 is 0 Å². The van der Waals surface area contributed by atoms with Crippen LogP contribution in [0.15, 0.2) is 24.4 Å². The number of fused-ring (bicyclic) bond motifs is 1. The Kier molecular flexibility index (Phi) is 6.23. The predicted octanol–water partition coefficient (Wildman–Crippen LogP) is 3.23. The van der Waals surface area contributed by atoms with Gasteiger partial charge < -0.3 is 10.6 Å². The quantitative estimate of drug-likeness (QED) is 0.574. The van der Waals surface area contributed by atoms with Gasteiger partial charge >= 0.3 is 6.18 Å². The lowest BCUT2D eigenvalue weighted by molar-refractivity contribution is -0.137. The molecule has 3 aromatic heterocycles. The molecule has 160 valence electrons. The summed E-state index contributed by atoms with van der Waals surface area (Å²) < 4.78 is 40.6. The first-order chi connectivity index (χ1) is 14.2. The molecule has 7 nitrogen and oxygen atoms in total. The number of alkyl halides is 3. The Morgan fingerprint density at radius 2 is 1.97 bits per heavy atom. The molecule has 0 bridgehead atoms. The van der Waals surface area contributed by atoms with Gasteiger partial charge in [0.15, 0.2) is 5.65 Å². The Bertz CT molecular complexity index is 1060. The number of hydrogen-bond acceptors (Lipinski definition) is 5. The summed E-state index contributed by atoms with van der Waals surface area (Å²) in [4.78, 5) is 20.4. The summed E-state index contributed by atoms with van der Waals surface area (Å²) in [7, 11) is 0. The van der Waals surface area contributed by atoms with Gasteiger partial charge in [0.1, 0.15) is 5.82 Å². The number of rotatable bonds is 7. The SMILES string of the molecule is Cc1cc2nc(C)c(CCC(=O)NCCNc3ncccc3C(F)(F)F)c(C)n2n1. The zero-order chi connectivity index (χ0) is 21.9. The molecule has 0 aliphatic rings. The highest BCUT2D eigenvalue weighted by Gasteiger charge is 2.33. The minimum Gasteiger partial charge on any atom is -0.368 e. The van der Waals surface area contributed by atoms with E-state index in [2.05, 4.69) is 25.7 Å². The van der Waals surface area contributed by atoms with Crippen LogP contribution in [0.5, 0.6) is 0 Å². The minimum absolute atomic E-state index is 0.129. The molecule has 0 aliphatic heterocycles. The lowest BCUT2D eigenvalue weighted by Gasteiger charge is -2.14. The van der Waals surface area contributed by atoms with Gasteiger partial charge in [-0.15, -0.1) is 0 Å². The van der Waals surface area contributed by atoms with Gasteiger partial charge in [-0.25, -0.2) is 14.5 Å². The van der Waals surface area contributed by atoms with Crippen LogP contribution in [0.4, 0.5) is 19.0 Å². The van der Waals surface area contributed by atoms with E-state index in [1.165, 1.54) is 12.3 Å². The summed E-state index contributed by atoms with van der Waals surface area (Å²) in [5.41, 5.74) is 3.56. The third kappa shape index (κ3) is 4.87. The number of halogens is 3. The normalized spacial score (nSPS) is 11.7. The molecule has 30 heavy (non-hydrogen) atoms. The van der Waals surface area contributed by atoms with E-state index in [1.807, 2.05) is 26.8 Å². The molecule has 0 fully saturated rings. The Morgan fingerprint density at radius 3 is 2.70 bits per heavy atom. The van der Waals surface area contributed by atoms with Crippen LogP contribution in [0, 0.1) is 20.8 Å². The van der Waals surface area contributed by atoms with Crippen molar-refractivity contribution in [2.24, 2.45) is 0 Å². The number of anilines is 1. The second-order valence-electron chi connectivity index (χ2n) is 6.99. The van der Waals surface area contributed by atoms with Crippen LogP contribution in [0.2, 0.25) is 0 Å². The highest BCUT2D eigenvalue weighted by atomic mass is 19.4. The van der Waals surface area contributed by atoms with E-state index in [-0.39, 0.29) is 31.2 Å². The van der Waals surface area contributed by atoms with Gasteiger partial charge in [0.25, 0.3) is 0 Å². The summed E-state index contributed by atoms with van der Waals surface area (Å²) in [5, 5.41) is 9.75. The van der Waals surface area contributed by atoms with Gasteiger partial charge in [0.05, 0.1) is 11.3 Å². The lowest BCUT2D eigenvalue weighted by atomic mass is 10.1. The monoisotopic (exact) mass is 420 g/mol. The maximum Gasteiger partial charge on any atom is 0.419 e. The predicted molar refractivity (Wildman–Crippen MR) is 106 cm³/mol. The number of nitrogens with one attached hydrogen (secondary N) is 2. The molecule has 2 N–H and O–H groups in total. The van der Waals surface area contributed by atoms with Gasteiger partial charge in [0.2, 0.25) is 5.91 Å². The number of aryl methyl sites for hydroxylation is 3. The van der Waals surface area contributed by atoms with Crippen LogP contribution in [0.1, 0.15) is 34.6 Å². The highest BCUT2D eigenvalue weighted by molar-refractivity contribution is 5.76. The number of pyridine rings is 1. The van der Waals surface area contributed by atoms with Crippen molar-refractivity contribution in [3.05, 3.63) is 52.6 Å². The molecule has 3 heterocycles. The summed E-state index contributed by atoms with van der Waals surface area (Å²) >= 11 is 0.